The Hall–Kier alpha value is -2.97. The first-order chi connectivity index (χ1) is 14.3. The summed E-state index contributed by atoms with van der Waals surface area (Å²) in [4.78, 5) is 23.2. The predicted octanol–water partition coefficient (Wildman–Crippen LogP) is 3.42. The summed E-state index contributed by atoms with van der Waals surface area (Å²) in [6, 6.07) is 7.89. The first-order valence-electron chi connectivity index (χ1n) is 8.98. The number of amides is 2. The monoisotopic (exact) mass is 453 g/mol. The Bertz CT molecular complexity index is 927. The molecule has 0 saturated heterocycles. The Morgan fingerprint density at radius 2 is 1.67 bits per heavy atom. The lowest BCUT2D eigenvalue weighted by molar-refractivity contribution is -0.119. The van der Waals surface area contributed by atoms with E-state index >= 15 is 0 Å². The number of nitrogens with zero attached hydrogens (tertiary/aromatic N) is 1. The zero-order valence-corrected chi connectivity index (χ0v) is 17.9. The molecule has 2 rings (SSSR count). The molecule has 0 atom stereocenters. The maximum Gasteiger partial charge on any atom is 0.271 e. The molecule has 2 amide bonds. The van der Waals surface area contributed by atoms with E-state index in [4.69, 9.17) is 43.1 Å². The average molecular weight is 454 g/mol. The van der Waals surface area contributed by atoms with Crippen molar-refractivity contribution in [3.05, 3.63) is 51.5 Å². The Morgan fingerprint density at radius 3 is 2.27 bits per heavy atom. The van der Waals surface area contributed by atoms with E-state index in [2.05, 4.69) is 10.5 Å². The molecule has 0 aliphatic carbocycles. The normalized spacial score (nSPS) is 10.7. The lowest BCUT2D eigenvalue weighted by Gasteiger charge is -2.11. The SMILES string of the molecule is CCOc1ccc(C(=O)N/N=C/c2cc(Cl)c(OCC(N)=O)c(Cl)c2)cc1OCC. The number of carbonyl (C=O) groups is 2. The summed E-state index contributed by atoms with van der Waals surface area (Å²) >= 11 is 12.2. The molecule has 0 aliphatic rings. The number of nitrogens with two attached hydrogens (primary N) is 1. The largest absolute Gasteiger partial charge is 0.490 e. The van der Waals surface area contributed by atoms with Gasteiger partial charge in [0.2, 0.25) is 0 Å². The maximum atomic E-state index is 12.4. The minimum atomic E-state index is -0.655. The van der Waals surface area contributed by atoms with Gasteiger partial charge in [0, 0.05) is 5.56 Å². The lowest BCUT2D eigenvalue weighted by atomic mass is 10.2. The first kappa shape index (κ1) is 23.3. The summed E-state index contributed by atoms with van der Waals surface area (Å²) in [7, 11) is 0. The average Bonchev–Trinajstić information content (AvgIpc) is 2.68. The van der Waals surface area contributed by atoms with Crippen molar-refractivity contribution < 1.29 is 23.8 Å². The summed E-state index contributed by atoms with van der Waals surface area (Å²) in [5.41, 5.74) is 8.32. The summed E-state index contributed by atoms with van der Waals surface area (Å²) in [5.74, 6) is 0.0747. The van der Waals surface area contributed by atoms with E-state index in [-0.39, 0.29) is 22.4 Å². The molecular weight excluding hydrogens is 433 g/mol. The number of hydrazone groups is 1. The highest BCUT2D eigenvalue weighted by atomic mass is 35.5. The minimum Gasteiger partial charge on any atom is -0.490 e. The van der Waals surface area contributed by atoms with E-state index < -0.39 is 11.8 Å². The van der Waals surface area contributed by atoms with Gasteiger partial charge < -0.3 is 19.9 Å². The fraction of sp³-hybridized carbons (Fsp3) is 0.250. The van der Waals surface area contributed by atoms with Gasteiger partial charge in [-0.3, -0.25) is 9.59 Å². The highest BCUT2D eigenvalue weighted by molar-refractivity contribution is 6.37. The highest BCUT2D eigenvalue weighted by Crippen LogP contribution is 2.33. The molecule has 0 fully saturated rings. The fourth-order valence-electron chi connectivity index (χ4n) is 2.36. The maximum absolute atomic E-state index is 12.4. The zero-order valence-electron chi connectivity index (χ0n) is 16.4. The number of ether oxygens (including phenoxy) is 3. The first-order valence-corrected chi connectivity index (χ1v) is 9.74. The van der Waals surface area contributed by atoms with Gasteiger partial charge in [0.25, 0.3) is 11.8 Å². The molecule has 0 radical (unpaired) electrons. The number of nitrogens with one attached hydrogen (secondary N) is 1. The van der Waals surface area contributed by atoms with Crippen molar-refractivity contribution in [3.8, 4) is 17.2 Å². The number of halogens is 2. The van der Waals surface area contributed by atoms with Crippen LogP contribution in [0.25, 0.3) is 0 Å². The molecule has 30 heavy (non-hydrogen) atoms. The van der Waals surface area contributed by atoms with Crippen molar-refractivity contribution in [1.29, 1.82) is 0 Å². The van der Waals surface area contributed by atoms with Crippen LogP contribution < -0.4 is 25.4 Å². The molecule has 10 heteroatoms. The summed E-state index contributed by atoms with van der Waals surface area (Å²) in [5, 5.41) is 4.25. The summed E-state index contributed by atoms with van der Waals surface area (Å²) < 4.78 is 16.2. The standard InChI is InChI=1S/C20H21Cl2N3O5/c1-3-28-16-6-5-13(9-17(16)29-4-2)20(27)25-24-10-12-7-14(21)19(15(22)8-12)30-11-18(23)26/h5-10H,3-4,11H2,1-2H3,(H2,23,26)(H,25,27)/b24-10+. The van der Waals surface area contributed by atoms with Gasteiger partial charge in [-0.15, -0.1) is 0 Å². The number of hydrogen-bond donors (Lipinski definition) is 2. The Labute approximate surface area is 183 Å². The predicted molar refractivity (Wildman–Crippen MR) is 115 cm³/mol. The lowest BCUT2D eigenvalue weighted by Crippen LogP contribution is -2.20. The van der Waals surface area contributed by atoms with Crippen LogP contribution in [0.2, 0.25) is 10.0 Å². The van der Waals surface area contributed by atoms with Gasteiger partial charge in [-0.05, 0) is 49.7 Å². The van der Waals surface area contributed by atoms with Crippen molar-refractivity contribution in [3.63, 3.8) is 0 Å². The Balaban J connectivity index is 2.08. The van der Waals surface area contributed by atoms with Crippen LogP contribution in [0, 0.1) is 0 Å². The van der Waals surface area contributed by atoms with Crippen LogP contribution in [0.5, 0.6) is 17.2 Å². The fourth-order valence-corrected chi connectivity index (χ4v) is 2.97. The smallest absolute Gasteiger partial charge is 0.271 e. The van der Waals surface area contributed by atoms with E-state index in [0.29, 0.717) is 35.8 Å². The highest BCUT2D eigenvalue weighted by Gasteiger charge is 2.12. The molecule has 2 aromatic rings. The van der Waals surface area contributed by atoms with Crippen molar-refractivity contribution in [1.82, 2.24) is 5.43 Å². The quantitative estimate of drug-likeness (QED) is 0.422. The van der Waals surface area contributed by atoms with Crippen molar-refractivity contribution in [2.75, 3.05) is 19.8 Å². The van der Waals surface area contributed by atoms with E-state index in [9.17, 15) is 9.59 Å². The molecule has 3 N–H and O–H groups in total. The van der Waals surface area contributed by atoms with Gasteiger partial charge in [0.05, 0.1) is 29.5 Å². The second-order valence-corrected chi connectivity index (χ2v) is 6.61. The molecule has 8 nitrogen and oxygen atoms in total. The number of hydrogen-bond acceptors (Lipinski definition) is 6. The van der Waals surface area contributed by atoms with E-state index in [1.165, 1.54) is 18.3 Å². The minimum absolute atomic E-state index is 0.135. The van der Waals surface area contributed by atoms with E-state index in [1.54, 1.807) is 18.2 Å². The molecule has 0 heterocycles. The van der Waals surface area contributed by atoms with Crippen LogP contribution in [0.15, 0.2) is 35.4 Å². The third-order valence-electron chi connectivity index (χ3n) is 3.56. The third kappa shape index (κ3) is 6.53. The van der Waals surface area contributed by atoms with Gasteiger partial charge in [0.1, 0.15) is 0 Å². The van der Waals surface area contributed by atoms with Crippen LogP contribution in [0.1, 0.15) is 29.8 Å². The molecule has 160 valence electrons. The van der Waals surface area contributed by atoms with Crippen LogP contribution in [-0.4, -0.2) is 37.8 Å². The van der Waals surface area contributed by atoms with Gasteiger partial charge >= 0.3 is 0 Å². The second kappa shape index (κ2) is 11.3. The second-order valence-electron chi connectivity index (χ2n) is 5.80. The molecule has 0 aromatic heterocycles. The molecular formula is C20H21Cl2N3O5. The molecule has 0 bridgehead atoms. The van der Waals surface area contributed by atoms with Gasteiger partial charge in [0.15, 0.2) is 23.9 Å². The third-order valence-corrected chi connectivity index (χ3v) is 4.13. The number of rotatable bonds is 10. The topological polar surface area (TPSA) is 112 Å². The Kier molecular flexibility index (Phi) is 8.76. The number of primary amides is 1. The van der Waals surface area contributed by atoms with Gasteiger partial charge in [-0.1, -0.05) is 23.2 Å². The van der Waals surface area contributed by atoms with Gasteiger partial charge in [-0.25, -0.2) is 5.43 Å². The van der Waals surface area contributed by atoms with E-state index in [0.717, 1.165) is 0 Å². The van der Waals surface area contributed by atoms with Crippen molar-refractivity contribution in [2.24, 2.45) is 10.8 Å². The molecule has 0 saturated carbocycles. The van der Waals surface area contributed by atoms with E-state index in [1.807, 2.05) is 13.8 Å². The molecule has 0 aliphatic heterocycles. The molecule has 2 aromatic carbocycles. The zero-order chi connectivity index (χ0) is 22.1. The Morgan fingerprint density at radius 1 is 1.03 bits per heavy atom. The number of benzene rings is 2. The van der Waals surface area contributed by atoms with Crippen molar-refractivity contribution >= 4 is 41.2 Å². The summed E-state index contributed by atoms with van der Waals surface area (Å²) in [6.07, 6.45) is 1.37. The van der Waals surface area contributed by atoms with Crippen LogP contribution in [-0.2, 0) is 4.79 Å². The van der Waals surface area contributed by atoms with Crippen LogP contribution in [0.3, 0.4) is 0 Å². The molecule has 0 spiro atoms. The van der Waals surface area contributed by atoms with Crippen molar-refractivity contribution in [2.45, 2.75) is 13.8 Å². The van der Waals surface area contributed by atoms with Crippen LogP contribution >= 0.6 is 23.2 Å². The molecule has 0 unspecified atom stereocenters. The van der Waals surface area contributed by atoms with Crippen LogP contribution in [0.4, 0.5) is 0 Å². The van der Waals surface area contributed by atoms with Gasteiger partial charge in [-0.2, -0.15) is 5.10 Å². The summed E-state index contributed by atoms with van der Waals surface area (Å²) in [6.45, 7) is 4.26. The number of carbonyl (C=O) groups excluding carboxylic acids is 2.